The summed E-state index contributed by atoms with van der Waals surface area (Å²) in [4.78, 5) is 16.3. The number of carbonyl (C=O) groups excluding carboxylic acids is 1. The Balaban J connectivity index is 1.41. The maximum atomic E-state index is 12.4. The third-order valence-electron chi connectivity index (χ3n) is 8.14. The molecule has 2 aliphatic heterocycles. The van der Waals surface area contributed by atoms with Crippen molar-refractivity contribution in [1.29, 1.82) is 0 Å². The van der Waals surface area contributed by atoms with Crippen LogP contribution in [0, 0.1) is 5.41 Å². The Kier molecular flexibility index (Phi) is 8.61. The molecular formula is C29H50N4O4. The molecule has 210 valence electrons. The van der Waals surface area contributed by atoms with Crippen molar-refractivity contribution in [3.63, 3.8) is 0 Å². The molecule has 1 atom stereocenters. The van der Waals surface area contributed by atoms with E-state index in [1.54, 1.807) is 11.9 Å². The fourth-order valence-electron chi connectivity index (χ4n) is 6.17. The van der Waals surface area contributed by atoms with Gasteiger partial charge in [-0.2, -0.15) is 5.10 Å². The van der Waals surface area contributed by atoms with E-state index in [4.69, 9.17) is 19.3 Å². The number of rotatable bonds is 7. The first kappa shape index (κ1) is 28.4. The van der Waals surface area contributed by atoms with E-state index < -0.39 is 5.60 Å². The van der Waals surface area contributed by atoms with E-state index in [9.17, 15) is 4.79 Å². The molecule has 0 radical (unpaired) electrons. The van der Waals surface area contributed by atoms with Crippen LogP contribution in [0.3, 0.4) is 0 Å². The van der Waals surface area contributed by atoms with E-state index in [0.717, 1.165) is 70.5 Å². The molecule has 0 N–H and O–H groups in total. The van der Waals surface area contributed by atoms with Crippen molar-refractivity contribution >= 4 is 6.09 Å². The fourth-order valence-corrected chi connectivity index (χ4v) is 6.17. The quantitative estimate of drug-likeness (QED) is 0.460. The Morgan fingerprint density at radius 1 is 1.16 bits per heavy atom. The van der Waals surface area contributed by atoms with E-state index >= 15 is 0 Å². The van der Waals surface area contributed by atoms with E-state index in [2.05, 4.69) is 36.7 Å². The van der Waals surface area contributed by atoms with Gasteiger partial charge in [-0.3, -0.25) is 4.90 Å². The van der Waals surface area contributed by atoms with Crippen molar-refractivity contribution in [2.24, 2.45) is 5.41 Å². The highest BCUT2D eigenvalue weighted by Crippen LogP contribution is 2.50. The zero-order chi connectivity index (χ0) is 26.8. The summed E-state index contributed by atoms with van der Waals surface area (Å²) in [5.74, 6) is 0.503. The molecule has 4 rings (SSSR count). The normalized spacial score (nSPS) is 28.1. The van der Waals surface area contributed by atoms with Gasteiger partial charge in [-0.25, -0.2) is 9.48 Å². The molecule has 1 aromatic heterocycles. The first-order valence-corrected chi connectivity index (χ1v) is 14.3. The molecule has 37 heavy (non-hydrogen) atoms. The van der Waals surface area contributed by atoms with Crippen molar-refractivity contribution in [2.45, 2.75) is 116 Å². The van der Waals surface area contributed by atoms with Crippen molar-refractivity contribution in [3.05, 3.63) is 17.5 Å². The predicted octanol–water partition coefficient (Wildman–Crippen LogP) is 5.72. The van der Waals surface area contributed by atoms with Crippen molar-refractivity contribution < 1.29 is 19.0 Å². The van der Waals surface area contributed by atoms with Gasteiger partial charge in [-0.05, 0) is 96.1 Å². The van der Waals surface area contributed by atoms with Gasteiger partial charge in [-0.15, -0.1) is 0 Å². The summed E-state index contributed by atoms with van der Waals surface area (Å²) in [7, 11) is 3.90. The van der Waals surface area contributed by atoms with Crippen LogP contribution in [0.1, 0.15) is 109 Å². The number of aromatic nitrogens is 2. The van der Waals surface area contributed by atoms with Gasteiger partial charge in [0.05, 0.1) is 17.9 Å². The van der Waals surface area contributed by atoms with Gasteiger partial charge in [0.15, 0.2) is 0 Å². The molecule has 8 heteroatoms. The molecule has 1 spiro atoms. The van der Waals surface area contributed by atoms with Gasteiger partial charge in [0, 0.05) is 39.5 Å². The highest BCUT2D eigenvalue weighted by Gasteiger charge is 2.46. The minimum Gasteiger partial charge on any atom is -0.444 e. The summed E-state index contributed by atoms with van der Waals surface area (Å²) >= 11 is 0. The van der Waals surface area contributed by atoms with Crippen molar-refractivity contribution in [1.82, 2.24) is 19.6 Å². The Bertz CT molecular complexity index is 907. The van der Waals surface area contributed by atoms with Crippen LogP contribution in [0.2, 0.25) is 0 Å². The zero-order valence-electron chi connectivity index (χ0n) is 24.3. The van der Waals surface area contributed by atoms with Gasteiger partial charge in [0.2, 0.25) is 0 Å². The maximum absolute atomic E-state index is 12.4. The second kappa shape index (κ2) is 11.2. The van der Waals surface area contributed by atoms with Crippen LogP contribution in [-0.4, -0.2) is 77.3 Å². The molecule has 3 heterocycles. The molecule has 1 saturated carbocycles. The van der Waals surface area contributed by atoms with E-state index in [-0.39, 0.29) is 23.3 Å². The van der Waals surface area contributed by atoms with Crippen LogP contribution in [0.5, 0.6) is 0 Å². The van der Waals surface area contributed by atoms with Crippen molar-refractivity contribution in [2.75, 3.05) is 40.4 Å². The second-order valence-corrected chi connectivity index (χ2v) is 13.6. The lowest BCUT2D eigenvalue weighted by atomic mass is 9.72. The first-order valence-electron chi connectivity index (χ1n) is 14.3. The highest BCUT2D eigenvalue weighted by molar-refractivity contribution is 5.67. The summed E-state index contributed by atoms with van der Waals surface area (Å²) in [6.45, 7) is 14.1. The first-order chi connectivity index (χ1) is 17.3. The third kappa shape index (κ3) is 7.48. The van der Waals surface area contributed by atoms with Crippen LogP contribution in [-0.2, 0) is 20.8 Å². The summed E-state index contributed by atoms with van der Waals surface area (Å²) < 4.78 is 20.1. The number of amides is 1. The monoisotopic (exact) mass is 518 g/mol. The van der Waals surface area contributed by atoms with E-state index in [1.807, 2.05) is 20.8 Å². The lowest BCUT2D eigenvalue weighted by Gasteiger charge is -2.37. The minimum atomic E-state index is -0.488. The molecule has 3 fully saturated rings. The Hall–Kier alpha value is -1.64. The maximum Gasteiger partial charge on any atom is 0.410 e. The lowest BCUT2D eigenvalue weighted by molar-refractivity contribution is -0.0399. The van der Waals surface area contributed by atoms with E-state index in [0.29, 0.717) is 12.5 Å². The third-order valence-corrected chi connectivity index (χ3v) is 8.14. The van der Waals surface area contributed by atoms with Crippen LogP contribution >= 0.6 is 0 Å². The number of likely N-dealkylation sites (N-methyl/N-ethyl adjacent to an activating group) is 2. The predicted molar refractivity (Wildman–Crippen MR) is 145 cm³/mol. The van der Waals surface area contributed by atoms with Crippen LogP contribution in [0.15, 0.2) is 6.20 Å². The van der Waals surface area contributed by atoms with Gasteiger partial charge in [-0.1, -0.05) is 13.8 Å². The van der Waals surface area contributed by atoms with Crippen LogP contribution in [0.25, 0.3) is 0 Å². The highest BCUT2D eigenvalue weighted by atomic mass is 16.6. The Morgan fingerprint density at radius 2 is 1.89 bits per heavy atom. The second-order valence-electron chi connectivity index (χ2n) is 13.6. The number of hydrogen-bond acceptors (Lipinski definition) is 6. The van der Waals surface area contributed by atoms with Gasteiger partial charge in [0.1, 0.15) is 11.8 Å². The van der Waals surface area contributed by atoms with Crippen molar-refractivity contribution in [3.8, 4) is 0 Å². The smallest absolute Gasteiger partial charge is 0.410 e. The van der Waals surface area contributed by atoms with Gasteiger partial charge < -0.3 is 19.1 Å². The molecular weight excluding hydrogens is 468 g/mol. The molecule has 1 aromatic rings. The molecule has 0 bridgehead atoms. The summed E-state index contributed by atoms with van der Waals surface area (Å²) in [6.07, 6.45) is 11.1. The standard InChI is InChI=1S/C29H50N4O4/c1-27(2,3)37-26(34)32(7)16-15-31(6)19-24-23(18-33(30-24)25-10-8-9-17-35-25)22-11-13-29(14-12-22)20-28(4,5)21-36-29/h18,22,25H,8-17,19-21H2,1-7H3/t22?,25-,29?/m1/s1. The molecule has 2 saturated heterocycles. The van der Waals surface area contributed by atoms with Gasteiger partial charge >= 0.3 is 6.09 Å². The zero-order valence-corrected chi connectivity index (χ0v) is 24.3. The molecule has 0 aromatic carbocycles. The Labute approximate surface area is 224 Å². The summed E-state index contributed by atoms with van der Waals surface area (Å²) in [5.41, 5.74) is 2.39. The topological polar surface area (TPSA) is 69.1 Å². The van der Waals surface area contributed by atoms with E-state index in [1.165, 1.54) is 18.4 Å². The van der Waals surface area contributed by atoms with Crippen LogP contribution in [0.4, 0.5) is 4.79 Å². The SMILES string of the molecule is CN(CCN(C)C(=O)OC(C)(C)C)Cc1nn([C@H]2CCCCO2)cc1C1CCC2(CC1)CC(C)(C)CO2. The number of hydrogen-bond donors (Lipinski definition) is 0. The number of carbonyl (C=O) groups is 1. The summed E-state index contributed by atoms with van der Waals surface area (Å²) in [5, 5.41) is 5.09. The molecule has 0 unspecified atom stereocenters. The molecule has 1 aliphatic carbocycles. The number of ether oxygens (including phenoxy) is 3. The number of nitrogens with zero attached hydrogens (tertiary/aromatic N) is 4. The molecule has 1 amide bonds. The van der Waals surface area contributed by atoms with Crippen LogP contribution < -0.4 is 0 Å². The average Bonchev–Trinajstić information content (AvgIpc) is 3.38. The lowest BCUT2D eigenvalue weighted by Crippen LogP contribution is -2.38. The summed E-state index contributed by atoms with van der Waals surface area (Å²) in [6, 6.07) is 0. The van der Waals surface area contributed by atoms with Gasteiger partial charge in [0.25, 0.3) is 0 Å². The molecule has 3 aliphatic rings. The average molecular weight is 519 g/mol. The fraction of sp³-hybridized carbons (Fsp3) is 0.862. The molecule has 8 nitrogen and oxygen atoms in total. The minimum absolute atomic E-state index is 0.0405. The largest absolute Gasteiger partial charge is 0.444 e. The Morgan fingerprint density at radius 3 is 2.49 bits per heavy atom.